The summed E-state index contributed by atoms with van der Waals surface area (Å²) < 4.78 is 16.6. The molecule has 0 aliphatic carbocycles. The fourth-order valence-corrected chi connectivity index (χ4v) is 4.23. The van der Waals surface area contributed by atoms with Crippen molar-refractivity contribution >= 4 is 10.9 Å². The molecule has 0 radical (unpaired) electrons. The molecule has 1 atom stereocenters. The Kier molecular flexibility index (Phi) is 4.48. The van der Waals surface area contributed by atoms with Crippen molar-refractivity contribution in [3.05, 3.63) is 52.2 Å². The van der Waals surface area contributed by atoms with Gasteiger partial charge in [0.25, 0.3) is 0 Å². The average molecular weight is 366 g/mol. The Bertz CT molecular complexity index is 1010. The second-order valence-electron chi connectivity index (χ2n) is 7.11. The SMILES string of the molecule is COc1cc(OC)c(C2NCCc3c2[nH]c2c(C)cc(C)cc32)cc1OC. The quantitative estimate of drug-likeness (QED) is 0.732. The maximum Gasteiger partial charge on any atom is 0.164 e. The van der Waals surface area contributed by atoms with Gasteiger partial charge in [0, 0.05) is 34.8 Å². The van der Waals surface area contributed by atoms with Crippen LogP contribution in [0.25, 0.3) is 10.9 Å². The molecule has 4 rings (SSSR count). The van der Waals surface area contributed by atoms with Crippen molar-refractivity contribution in [2.45, 2.75) is 26.3 Å². The largest absolute Gasteiger partial charge is 0.496 e. The summed E-state index contributed by atoms with van der Waals surface area (Å²) in [5, 5.41) is 4.97. The monoisotopic (exact) mass is 366 g/mol. The van der Waals surface area contributed by atoms with Gasteiger partial charge in [-0.2, -0.15) is 0 Å². The number of ether oxygens (including phenoxy) is 3. The van der Waals surface area contributed by atoms with Gasteiger partial charge in [-0.1, -0.05) is 11.6 Å². The number of fused-ring (bicyclic) bond motifs is 3. The van der Waals surface area contributed by atoms with E-state index in [9.17, 15) is 0 Å². The highest BCUT2D eigenvalue weighted by molar-refractivity contribution is 5.88. The molecule has 142 valence electrons. The number of hydrogen-bond acceptors (Lipinski definition) is 4. The molecule has 1 aliphatic heterocycles. The third-order valence-corrected chi connectivity index (χ3v) is 5.45. The topological polar surface area (TPSA) is 55.5 Å². The normalized spacial score (nSPS) is 16.3. The van der Waals surface area contributed by atoms with E-state index in [1.54, 1.807) is 21.3 Å². The summed E-state index contributed by atoms with van der Waals surface area (Å²) in [6, 6.07) is 8.42. The number of aromatic amines is 1. The van der Waals surface area contributed by atoms with E-state index >= 15 is 0 Å². The Morgan fingerprint density at radius 2 is 1.59 bits per heavy atom. The first-order valence-electron chi connectivity index (χ1n) is 9.22. The highest BCUT2D eigenvalue weighted by Crippen LogP contribution is 2.42. The third kappa shape index (κ3) is 2.82. The van der Waals surface area contributed by atoms with Crippen molar-refractivity contribution in [3.8, 4) is 17.2 Å². The lowest BCUT2D eigenvalue weighted by Crippen LogP contribution is -2.30. The average Bonchev–Trinajstić information content (AvgIpc) is 3.06. The number of H-pyrrole nitrogens is 1. The lowest BCUT2D eigenvalue weighted by atomic mass is 9.93. The summed E-state index contributed by atoms with van der Waals surface area (Å²) in [6.07, 6.45) is 1.00. The van der Waals surface area contributed by atoms with E-state index in [2.05, 4.69) is 36.3 Å². The lowest BCUT2D eigenvalue weighted by molar-refractivity contribution is 0.345. The van der Waals surface area contributed by atoms with E-state index in [0.29, 0.717) is 11.5 Å². The molecule has 27 heavy (non-hydrogen) atoms. The van der Waals surface area contributed by atoms with Gasteiger partial charge in [0.05, 0.1) is 27.4 Å². The van der Waals surface area contributed by atoms with Crippen molar-refractivity contribution in [1.82, 2.24) is 10.3 Å². The Balaban J connectivity index is 1.92. The summed E-state index contributed by atoms with van der Waals surface area (Å²) in [5.74, 6) is 2.15. The van der Waals surface area contributed by atoms with Crippen LogP contribution in [0.15, 0.2) is 24.3 Å². The van der Waals surface area contributed by atoms with E-state index < -0.39 is 0 Å². The molecule has 2 aromatic carbocycles. The number of aryl methyl sites for hydroxylation is 2. The second kappa shape index (κ2) is 6.82. The second-order valence-corrected chi connectivity index (χ2v) is 7.11. The Morgan fingerprint density at radius 3 is 2.30 bits per heavy atom. The van der Waals surface area contributed by atoms with Crippen LogP contribution in [0.2, 0.25) is 0 Å². The number of methoxy groups -OCH3 is 3. The fraction of sp³-hybridized carbons (Fsp3) is 0.364. The maximum atomic E-state index is 5.68. The molecule has 3 aromatic rings. The molecule has 2 heterocycles. The lowest BCUT2D eigenvalue weighted by Gasteiger charge is -2.27. The van der Waals surface area contributed by atoms with Crippen LogP contribution in [0.5, 0.6) is 17.2 Å². The number of nitrogens with one attached hydrogen (secondary N) is 2. The van der Waals surface area contributed by atoms with Crippen LogP contribution < -0.4 is 19.5 Å². The molecular weight excluding hydrogens is 340 g/mol. The van der Waals surface area contributed by atoms with Gasteiger partial charge in [-0.05, 0) is 43.5 Å². The van der Waals surface area contributed by atoms with Crippen LogP contribution in [0, 0.1) is 13.8 Å². The number of benzene rings is 2. The maximum absolute atomic E-state index is 5.68. The number of hydrogen-bond donors (Lipinski definition) is 2. The summed E-state index contributed by atoms with van der Waals surface area (Å²) in [5.41, 5.74) is 7.42. The summed E-state index contributed by atoms with van der Waals surface area (Å²) >= 11 is 0. The first-order valence-corrected chi connectivity index (χ1v) is 9.22. The predicted octanol–water partition coefficient (Wildman–Crippen LogP) is 4.05. The molecule has 0 saturated carbocycles. The minimum Gasteiger partial charge on any atom is -0.496 e. The summed E-state index contributed by atoms with van der Waals surface area (Å²) in [6.45, 7) is 5.23. The Morgan fingerprint density at radius 1 is 0.889 bits per heavy atom. The molecule has 1 aromatic heterocycles. The summed E-state index contributed by atoms with van der Waals surface area (Å²) in [4.78, 5) is 3.69. The van der Waals surface area contributed by atoms with Crippen molar-refractivity contribution in [2.75, 3.05) is 27.9 Å². The van der Waals surface area contributed by atoms with Gasteiger partial charge >= 0.3 is 0 Å². The van der Waals surface area contributed by atoms with Gasteiger partial charge in [-0.3, -0.25) is 0 Å². The van der Waals surface area contributed by atoms with Gasteiger partial charge < -0.3 is 24.5 Å². The Hall–Kier alpha value is -2.66. The smallest absolute Gasteiger partial charge is 0.164 e. The highest BCUT2D eigenvalue weighted by Gasteiger charge is 2.29. The predicted molar refractivity (Wildman–Crippen MR) is 107 cm³/mol. The van der Waals surface area contributed by atoms with Crippen LogP contribution in [0.4, 0.5) is 0 Å². The molecule has 0 spiro atoms. The van der Waals surface area contributed by atoms with Crippen LogP contribution in [-0.4, -0.2) is 32.9 Å². The van der Waals surface area contributed by atoms with Gasteiger partial charge in [-0.25, -0.2) is 0 Å². The molecule has 2 N–H and O–H groups in total. The van der Waals surface area contributed by atoms with E-state index in [1.807, 2.05) is 12.1 Å². The molecule has 0 bridgehead atoms. The van der Waals surface area contributed by atoms with E-state index in [-0.39, 0.29) is 6.04 Å². The van der Waals surface area contributed by atoms with Crippen LogP contribution in [-0.2, 0) is 6.42 Å². The zero-order chi connectivity index (χ0) is 19.1. The zero-order valence-corrected chi connectivity index (χ0v) is 16.5. The van der Waals surface area contributed by atoms with Crippen LogP contribution >= 0.6 is 0 Å². The molecule has 0 amide bonds. The van der Waals surface area contributed by atoms with Crippen molar-refractivity contribution in [3.63, 3.8) is 0 Å². The molecule has 5 nitrogen and oxygen atoms in total. The van der Waals surface area contributed by atoms with Gasteiger partial charge in [-0.15, -0.1) is 0 Å². The van der Waals surface area contributed by atoms with Crippen molar-refractivity contribution in [2.24, 2.45) is 0 Å². The first-order chi connectivity index (χ1) is 13.1. The molecule has 0 fully saturated rings. The molecule has 1 unspecified atom stereocenters. The number of rotatable bonds is 4. The van der Waals surface area contributed by atoms with Gasteiger partial charge in [0.1, 0.15) is 5.75 Å². The van der Waals surface area contributed by atoms with Crippen LogP contribution in [0.1, 0.15) is 34.0 Å². The molecule has 0 saturated heterocycles. The highest BCUT2D eigenvalue weighted by atomic mass is 16.5. The third-order valence-electron chi connectivity index (χ3n) is 5.45. The van der Waals surface area contributed by atoms with Crippen molar-refractivity contribution < 1.29 is 14.2 Å². The zero-order valence-electron chi connectivity index (χ0n) is 16.5. The minimum atomic E-state index is 0.00983. The molecule has 5 heteroatoms. The first kappa shape index (κ1) is 17.7. The fourth-order valence-electron chi connectivity index (χ4n) is 4.23. The van der Waals surface area contributed by atoms with E-state index in [1.165, 1.54) is 33.3 Å². The number of aromatic nitrogens is 1. The van der Waals surface area contributed by atoms with E-state index in [4.69, 9.17) is 14.2 Å². The minimum absolute atomic E-state index is 0.00983. The van der Waals surface area contributed by atoms with Crippen LogP contribution in [0.3, 0.4) is 0 Å². The van der Waals surface area contributed by atoms with Crippen molar-refractivity contribution in [1.29, 1.82) is 0 Å². The van der Waals surface area contributed by atoms with Gasteiger partial charge in [0.15, 0.2) is 11.5 Å². The van der Waals surface area contributed by atoms with E-state index in [0.717, 1.165) is 24.3 Å². The molecular formula is C22H26N2O3. The standard InChI is InChI=1S/C22H26N2O3/c1-12-8-13(2)20-15(9-12)14-6-7-23-21(22(14)24-20)16-10-18(26-4)19(27-5)11-17(16)25-3/h8-11,21,23-24H,6-7H2,1-5H3. The molecule has 1 aliphatic rings. The summed E-state index contributed by atoms with van der Waals surface area (Å²) in [7, 11) is 4.98. The Labute approximate surface area is 159 Å². The van der Waals surface area contributed by atoms with Gasteiger partial charge in [0.2, 0.25) is 0 Å².